The van der Waals surface area contributed by atoms with E-state index in [0.717, 1.165) is 4.47 Å². The van der Waals surface area contributed by atoms with E-state index < -0.39 is 0 Å². The number of halogens is 2. The number of aromatic nitrogens is 1. The third-order valence-electron chi connectivity index (χ3n) is 0.672. The van der Waals surface area contributed by atoms with Crippen LogP contribution in [0.25, 0.3) is 0 Å². The molecule has 4 heteroatoms. The van der Waals surface area contributed by atoms with Crippen molar-refractivity contribution in [1.82, 2.24) is 4.98 Å². The van der Waals surface area contributed by atoms with Crippen LogP contribution in [0.5, 0.6) is 0 Å². The zero-order chi connectivity index (χ0) is 7.98. The number of hydrogen-bond donors (Lipinski definition) is 0. The van der Waals surface area contributed by atoms with Gasteiger partial charge in [-0.25, -0.2) is 0 Å². The van der Waals surface area contributed by atoms with Crippen molar-refractivity contribution in [3.8, 4) is 0 Å². The smallest absolute Gasteiger partial charge is 0.106 e. The van der Waals surface area contributed by atoms with Gasteiger partial charge in [-0.05, 0) is 22.0 Å². The molecule has 2 nitrogen and oxygen atoms in total. The first kappa shape index (κ1) is 9.59. The molecule has 1 aromatic heterocycles. The molecule has 1 heterocycles. The second-order valence-corrected chi connectivity index (χ2v) is 2.67. The van der Waals surface area contributed by atoms with E-state index >= 15 is 0 Å². The molecule has 0 amide bonds. The highest BCUT2D eigenvalue weighted by atomic mass is 79.9. The number of hydrogen-bond acceptors (Lipinski definition) is 2. The van der Waals surface area contributed by atoms with E-state index in [1.807, 2.05) is 6.79 Å². The van der Waals surface area contributed by atoms with Crippen molar-refractivity contribution in [2.45, 2.75) is 0 Å². The molecule has 0 fully saturated rings. The molecule has 0 aliphatic rings. The molecule has 10 heavy (non-hydrogen) atoms. The standard InChI is InChI=1S/C5H3BrClN.CH2O/c6-4-1-5(7)3-8-2-4;1-2/h1-3H;1H2. The quantitative estimate of drug-likeness (QED) is 0.674. The highest BCUT2D eigenvalue weighted by Gasteiger charge is 1.85. The predicted molar refractivity (Wildman–Crippen MR) is 44.1 cm³/mol. The Morgan fingerprint density at radius 3 is 2.40 bits per heavy atom. The van der Waals surface area contributed by atoms with Crippen LogP contribution in [0, 0.1) is 0 Å². The minimum Gasteiger partial charge on any atom is -0.307 e. The molecule has 1 rings (SSSR count). The van der Waals surface area contributed by atoms with Gasteiger partial charge in [0.25, 0.3) is 0 Å². The van der Waals surface area contributed by atoms with E-state index in [9.17, 15) is 0 Å². The van der Waals surface area contributed by atoms with Crippen LogP contribution in [0.3, 0.4) is 0 Å². The first-order valence-corrected chi connectivity index (χ1v) is 3.51. The minimum atomic E-state index is 0.652. The molecule has 0 bridgehead atoms. The summed E-state index contributed by atoms with van der Waals surface area (Å²) >= 11 is 8.77. The highest BCUT2D eigenvalue weighted by Crippen LogP contribution is 2.12. The fourth-order valence-corrected chi connectivity index (χ4v) is 1.06. The second kappa shape index (κ2) is 5.38. The molecular formula is C6H5BrClNO. The van der Waals surface area contributed by atoms with Gasteiger partial charge in [0.05, 0.1) is 5.02 Å². The van der Waals surface area contributed by atoms with E-state index in [-0.39, 0.29) is 0 Å². The maximum Gasteiger partial charge on any atom is 0.106 e. The Kier molecular flexibility index (Phi) is 5.16. The Hall–Kier alpha value is -0.410. The van der Waals surface area contributed by atoms with Crippen molar-refractivity contribution >= 4 is 34.3 Å². The molecule has 1 aromatic rings. The van der Waals surface area contributed by atoms with E-state index in [4.69, 9.17) is 16.4 Å². The predicted octanol–water partition coefficient (Wildman–Crippen LogP) is 2.31. The number of rotatable bonds is 0. The summed E-state index contributed by atoms with van der Waals surface area (Å²) in [6.45, 7) is 2.00. The molecule has 0 N–H and O–H groups in total. The third kappa shape index (κ3) is 3.58. The fourth-order valence-electron chi connectivity index (χ4n) is 0.386. The second-order valence-electron chi connectivity index (χ2n) is 1.32. The largest absolute Gasteiger partial charge is 0.307 e. The van der Waals surface area contributed by atoms with E-state index in [2.05, 4.69) is 20.9 Å². The van der Waals surface area contributed by atoms with Gasteiger partial charge in [0, 0.05) is 16.9 Å². The number of pyridine rings is 1. The maximum atomic E-state index is 8.00. The first-order valence-electron chi connectivity index (χ1n) is 2.34. The Balaban J connectivity index is 0.000000371. The topological polar surface area (TPSA) is 30.0 Å². The SMILES string of the molecule is C=O.Clc1cncc(Br)c1. The van der Waals surface area contributed by atoms with Crippen molar-refractivity contribution in [2.75, 3.05) is 0 Å². The molecule has 54 valence electrons. The Labute approximate surface area is 72.4 Å². The van der Waals surface area contributed by atoms with E-state index in [1.165, 1.54) is 0 Å². The van der Waals surface area contributed by atoms with E-state index in [0.29, 0.717) is 5.02 Å². The molecule has 0 saturated carbocycles. The summed E-state index contributed by atoms with van der Waals surface area (Å²) in [6.07, 6.45) is 3.28. The Morgan fingerprint density at radius 1 is 1.50 bits per heavy atom. The Bertz CT molecular complexity index is 189. The lowest BCUT2D eigenvalue weighted by molar-refractivity contribution is -0.0979. The highest BCUT2D eigenvalue weighted by molar-refractivity contribution is 9.10. The van der Waals surface area contributed by atoms with Crippen LogP contribution >= 0.6 is 27.5 Å². The average Bonchev–Trinajstić information content (AvgIpc) is 1.91. The molecule has 0 saturated heterocycles. The number of carbonyl (C=O) groups is 1. The van der Waals surface area contributed by atoms with Crippen LogP contribution in [0.4, 0.5) is 0 Å². The zero-order valence-corrected chi connectivity index (χ0v) is 7.39. The zero-order valence-electron chi connectivity index (χ0n) is 5.05. The Morgan fingerprint density at radius 2 is 2.10 bits per heavy atom. The fraction of sp³-hybridized carbons (Fsp3) is 0. The third-order valence-corrected chi connectivity index (χ3v) is 1.31. The summed E-state index contributed by atoms with van der Waals surface area (Å²) in [4.78, 5) is 11.8. The lowest BCUT2D eigenvalue weighted by atomic mass is 10.5. The van der Waals surface area contributed by atoms with Crippen LogP contribution in [0.1, 0.15) is 0 Å². The van der Waals surface area contributed by atoms with Crippen LogP contribution in [0.15, 0.2) is 22.9 Å². The summed E-state index contributed by atoms with van der Waals surface area (Å²) in [5, 5.41) is 0.652. The molecule has 0 unspecified atom stereocenters. The molecule has 0 aromatic carbocycles. The van der Waals surface area contributed by atoms with Crippen LogP contribution in [0.2, 0.25) is 5.02 Å². The van der Waals surface area contributed by atoms with Gasteiger partial charge in [-0.2, -0.15) is 0 Å². The van der Waals surface area contributed by atoms with Crippen molar-refractivity contribution in [1.29, 1.82) is 0 Å². The lowest BCUT2D eigenvalue weighted by Crippen LogP contribution is -1.68. The van der Waals surface area contributed by atoms with Gasteiger partial charge in [0.1, 0.15) is 6.79 Å². The van der Waals surface area contributed by atoms with Gasteiger partial charge in [0.2, 0.25) is 0 Å². The van der Waals surface area contributed by atoms with Gasteiger partial charge in [-0.15, -0.1) is 0 Å². The first-order chi connectivity index (χ1) is 4.79. The summed E-state index contributed by atoms with van der Waals surface area (Å²) in [7, 11) is 0. The van der Waals surface area contributed by atoms with Crippen LogP contribution < -0.4 is 0 Å². The van der Waals surface area contributed by atoms with Crippen molar-refractivity contribution in [3.63, 3.8) is 0 Å². The summed E-state index contributed by atoms with van der Waals surface area (Å²) < 4.78 is 0.907. The molecule has 0 atom stereocenters. The molecule has 0 aliphatic carbocycles. The van der Waals surface area contributed by atoms with Crippen molar-refractivity contribution in [2.24, 2.45) is 0 Å². The van der Waals surface area contributed by atoms with Gasteiger partial charge >= 0.3 is 0 Å². The van der Waals surface area contributed by atoms with Crippen molar-refractivity contribution < 1.29 is 4.79 Å². The minimum absolute atomic E-state index is 0.652. The summed E-state index contributed by atoms with van der Waals surface area (Å²) in [5.41, 5.74) is 0. The average molecular weight is 222 g/mol. The van der Waals surface area contributed by atoms with Gasteiger partial charge < -0.3 is 4.79 Å². The summed E-state index contributed by atoms with van der Waals surface area (Å²) in [6, 6.07) is 1.79. The molecular weight excluding hydrogens is 217 g/mol. The number of carbonyl (C=O) groups excluding carboxylic acids is 1. The summed E-state index contributed by atoms with van der Waals surface area (Å²) in [5.74, 6) is 0. The molecule has 0 radical (unpaired) electrons. The van der Waals surface area contributed by atoms with Gasteiger partial charge in [0.15, 0.2) is 0 Å². The maximum absolute atomic E-state index is 8.00. The van der Waals surface area contributed by atoms with E-state index in [1.54, 1.807) is 18.5 Å². The normalized spacial score (nSPS) is 7.80. The molecule has 0 aliphatic heterocycles. The monoisotopic (exact) mass is 221 g/mol. The van der Waals surface area contributed by atoms with Crippen molar-refractivity contribution in [3.05, 3.63) is 28.0 Å². The van der Waals surface area contributed by atoms with Gasteiger partial charge in [-0.3, -0.25) is 4.98 Å². The lowest BCUT2D eigenvalue weighted by Gasteiger charge is -1.86. The molecule has 0 spiro atoms. The van der Waals surface area contributed by atoms with Crippen LogP contribution in [-0.2, 0) is 4.79 Å². The van der Waals surface area contributed by atoms with Gasteiger partial charge in [-0.1, -0.05) is 11.6 Å². The van der Waals surface area contributed by atoms with Crippen LogP contribution in [-0.4, -0.2) is 11.8 Å². The number of nitrogens with zero attached hydrogens (tertiary/aromatic N) is 1.